The lowest BCUT2D eigenvalue weighted by molar-refractivity contribution is -0.264. The van der Waals surface area contributed by atoms with Gasteiger partial charge in [-0.3, -0.25) is 19.2 Å². The minimum atomic E-state index is -0.842. The molecule has 0 aromatic heterocycles. The molecular formula is C45H70O11. The third-order valence-electron chi connectivity index (χ3n) is 16.3. The fraction of sp³-hybridized carbons (Fsp3) is 0.911. The van der Waals surface area contributed by atoms with Crippen LogP contribution in [0.4, 0.5) is 0 Å². The summed E-state index contributed by atoms with van der Waals surface area (Å²) in [5.41, 5.74) is -3.34. The second kappa shape index (κ2) is 14.5. The van der Waals surface area contributed by atoms with Gasteiger partial charge in [-0.05, 0) is 141 Å². The van der Waals surface area contributed by atoms with E-state index in [9.17, 15) is 29.4 Å². The summed E-state index contributed by atoms with van der Waals surface area (Å²) >= 11 is 0. The monoisotopic (exact) mass is 786 g/mol. The van der Waals surface area contributed by atoms with Gasteiger partial charge in [-0.25, -0.2) is 0 Å². The molecule has 3 saturated heterocycles. The van der Waals surface area contributed by atoms with Crippen LogP contribution in [0.3, 0.4) is 0 Å². The first-order valence-corrected chi connectivity index (χ1v) is 22.0. The summed E-state index contributed by atoms with van der Waals surface area (Å²) in [6.07, 6.45) is 12.1. The maximum Gasteiger partial charge on any atom is 0.312 e. The lowest BCUT2D eigenvalue weighted by Gasteiger charge is -2.62. The molecule has 11 rings (SSSR count). The molecule has 2 N–H and O–H groups in total. The lowest BCUT2D eigenvalue weighted by atomic mass is 9.50. The highest BCUT2D eigenvalue weighted by molar-refractivity contribution is 5.78. The molecule has 11 heteroatoms. The lowest BCUT2D eigenvalue weighted by Crippen LogP contribution is -2.67. The largest absolute Gasteiger partial charge is 0.458 e. The molecule has 8 atom stereocenters. The van der Waals surface area contributed by atoms with E-state index in [1.807, 2.05) is 48.5 Å². The van der Waals surface area contributed by atoms with Crippen LogP contribution in [0.25, 0.3) is 0 Å². The average molecular weight is 787 g/mol. The topological polar surface area (TPSA) is 155 Å². The number of ether oxygens (including phenoxy) is 5. The summed E-state index contributed by atoms with van der Waals surface area (Å²) in [4.78, 5) is 48.1. The maximum absolute atomic E-state index is 12.5. The van der Waals surface area contributed by atoms with E-state index in [0.29, 0.717) is 37.5 Å². The van der Waals surface area contributed by atoms with Crippen molar-refractivity contribution in [2.24, 2.45) is 52.3 Å². The Morgan fingerprint density at radius 3 is 1.80 bits per heavy atom. The van der Waals surface area contributed by atoms with Crippen molar-refractivity contribution in [1.29, 1.82) is 0 Å². The third-order valence-corrected chi connectivity index (χ3v) is 16.3. The van der Waals surface area contributed by atoms with Gasteiger partial charge in [0.15, 0.2) is 12.2 Å². The van der Waals surface area contributed by atoms with Crippen molar-refractivity contribution in [3.8, 4) is 0 Å². The van der Waals surface area contributed by atoms with E-state index >= 15 is 0 Å². The van der Waals surface area contributed by atoms with Gasteiger partial charge in [0.1, 0.15) is 17.3 Å². The molecule has 0 aromatic carbocycles. The second-order valence-electron chi connectivity index (χ2n) is 21.5. The highest BCUT2D eigenvalue weighted by atomic mass is 16.7. The molecule has 0 amide bonds. The number of carbonyl (C=O) groups excluding carboxylic acids is 4. The van der Waals surface area contributed by atoms with Gasteiger partial charge in [-0.15, -0.1) is 0 Å². The number of hydrogen-bond donors (Lipinski definition) is 2. The summed E-state index contributed by atoms with van der Waals surface area (Å²) in [5.74, 6) is 2.50. The fourth-order valence-corrected chi connectivity index (χ4v) is 12.4. The number of hydrogen-bond acceptors (Lipinski definition) is 11. The minimum Gasteiger partial charge on any atom is -0.458 e. The van der Waals surface area contributed by atoms with Crippen LogP contribution in [0.2, 0.25) is 0 Å². The molecule has 11 fully saturated rings. The molecule has 11 aliphatic rings. The van der Waals surface area contributed by atoms with E-state index < -0.39 is 28.3 Å². The van der Waals surface area contributed by atoms with Crippen LogP contribution in [0.5, 0.6) is 0 Å². The number of esters is 4. The van der Waals surface area contributed by atoms with Gasteiger partial charge in [0, 0.05) is 19.3 Å². The number of rotatable bonds is 9. The van der Waals surface area contributed by atoms with Crippen LogP contribution in [-0.2, 0) is 42.9 Å². The second-order valence-corrected chi connectivity index (χ2v) is 21.5. The summed E-state index contributed by atoms with van der Waals surface area (Å²) in [7, 11) is 0. The molecule has 8 aliphatic carbocycles. The fourth-order valence-electron chi connectivity index (χ4n) is 12.4. The number of fused-ring (bicyclic) bond motifs is 1. The summed E-state index contributed by atoms with van der Waals surface area (Å²) in [5, 5.41) is 21.3. The SMILES string of the molecule is CCC(C)(C)C(=O)OC1(C)C2CC3CC(C2)CC1C3.CCC(C)(C)C(=O)OC12CC3CC(O)(CC(O)(C3)C1)C2.CCC(C)C(=O)OC1C2CC3C(=O)OC1C3O2. The molecular weight excluding hydrogens is 716 g/mol. The van der Waals surface area contributed by atoms with Gasteiger partial charge in [0.25, 0.3) is 0 Å². The normalized spacial score (nSPS) is 44.9. The van der Waals surface area contributed by atoms with Gasteiger partial charge >= 0.3 is 23.9 Å². The van der Waals surface area contributed by atoms with Crippen molar-refractivity contribution in [1.82, 2.24) is 0 Å². The Bertz CT molecular complexity index is 1500. The zero-order valence-corrected chi connectivity index (χ0v) is 35.5. The quantitative estimate of drug-likeness (QED) is 0.183. The first kappa shape index (κ1) is 41.9. The minimum absolute atomic E-state index is 0.0185. The first-order chi connectivity index (χ1) is 26.1. The predicted molar refractivity (Wildman–Crippen MR) is 206 cm³/mol. The van der Waals surface area contributed by atoms with Crippen molar-refractivity contribution in [2.75, 3.05) is 0 Å². The van der Waals surface area contributed by atoms with Gasteiger partial charge < -0.3 is 33.9 Å². The van der Waals surface area contributed by atoms with Crippen molar-refractivity contribution in [3.05, 3.63) is 0 Å². The molecule has 3 heterocycles. The number of carbonyl (C=O) groups is 4. The van der Waals surface area contributed by atoms with Crippen LogP contribution >= 0.6 is 0 Å². The molecule has 3 aliphatic heterocycles. The Morgan fingerprint density at radius 2 is 1.30 bits per heavy atom. The summed E-state index contributed by atoms with van der Waals surface area (Å²) in [6, 6.07) is 0. The average Bonchev–Trinajstić information content (AvgIpc) is 3.74. The third kappa shape index (κ3) is 7.57. The molecule has 0 radical (unpaired) electrons. The Kier molecular flexibility index (Phi) is 10.8. The van der Waals surface area contributed by atoms with Crippen molar-refractivity contribution in [3.63, 3.8) is 0 Å². The van der Waals surface area contributed by atoms with Gasteiger partial charge in [0.2, 0.25) is 0 Å². The van der Waals surface area contributed by atoms with E-state index in [-0.39, 0.29) is 71.0 Å². The Labute approximate surface area is 334 Å². The molecule has 0 spiro atoms. The van der Waals surface area contributed by atoms with E-state index in [1.165, 1.54) is 32.1 Å². The van der Waals surface area contributed by atoms with Gasteiger partial charge in [-0.1, -0.05) is 27.7 Å². The van der Waals surface area contributed by atoms with E-state index in [4.69, 9.17) is 23.7 Å². The molecule has 8 unspecified atom stereocenters. The van der Waals surface area contributed by atoms with E-state index in [1.54, 1.807) is 0 Å². The predicted octanol–water partition coefficient (Wildman–Crippen LogP) is 7.00. The van der Waals surface area contributed by atoms with E-state index in [0.717, 1.165) is 50.4 Å². The van der Waals surface area contributed by atoms with Crippen LogP contribution < -0.4 is 0 Å². The molecule has 10 bridgehead atoms. The molecule has 8 saturated carbocycles. The van der Waals surface area contributed by atoms with Crippen LogP contribution in [-0.4, -0.2) is 80.9 Å². The zero-order valence-electron chi connectivity index (χ0n) is 35.5. The van der Waals surface area contributed by atoms with E-state index in [2.05, 4.69) is 13.8 Å². The van der Waals surface area contributed by atoms with Crippen molar-refractivity contribution in [2.45, 2.75) is 205 Å². The van der Waals surface area contributed by atoms with Crippen molar-refractivity contribution >= 4 is 23.9 Å². The van der Waals surface area contributed by atoms with Crippen LogP contribution in [0.15, 0.2) is 0 Å². The zero-order chi connectivity index (χ0) is 40.8. The summed E-state index contributed by atoms with van der Waals surface area (Å²) in [6.45, 7) is 17.8. The Balaban J connectivity index is 0.000000129. The number of aliphatic hydroxyl groups is 2. The molecule has 0 aromatic rings. The standard InChI is InChI=1S/C17H28O2.C16H26O4.C12H16O5/c1-5-16(2,3)15(18)19-17(4)13-7-11-6-12(9-13)10-14(17)8-11;1-4-13(2,3)12(17)20-16-7-11-5-14(18,9-16)8-15(19,6-11)10-16;1-3-5(2)11(13)16-9-7-4-6-8(15-7)10(9)17-12(6)14/h11-14H,5-10H2,1-4H3;11,18-19H,4-10H2,1-3H3;5-10H,3-4H2,1-2H3. The van der Waals surface area contributed by atoms with Crippen LogP contribution in [0.1, 0.15) is 159 Å². The highest BCUT2D eigenvalue weighted by Crippen LogP contribution is 2.61. The summed E-state index contributed by atoms with van der Waals surface area (Å²) < 4.78 is 28.3. The molecule has 316 valence electrons. The highest BCUT2D eigenvalue weighted by Gasteiger charge is 2.66. The van der Waals surface area contributed by atoms with Crippen molar-refractivity contribution < 1.29 is 53.1 Å². The Hall–Kier alpha value is -2.24. The Morgan fingerprint density at radius 1 is 0.768 bits per heavy atom. The first-order valence-electron chi connectivity index (χ1n) is 22.0. The van der Waals surface area contributed by atoms with Gasteiger partial charge in [0.05, 0.1) is 40.0 Å². The van der Waals surface area contributed by atoms with Gasteiger partial charge in [-0.2, -0.15) is 0 Å². The maximum atomic E-state index is 12.5. The molecule has 56 heavy (non-hydrogen) atoms. The smallest absolute Gasteiger partial charge is 0.312 e. The van der Waals surface area contributed by atoms with Crippen LogP contribution in [0, 0.1) is 52.3 Å². The molecule has 11 nitrogen and oxygen atoms in total.